The summed E-state index contributed by atoms with van der Waals surface area (Å²) in [6.07, 6.45) is 12.0. The topological polar surface area (TPSA) is 0 Å². The highest BCUT2D eigenvalue weighted by molar-refractivity contribution is 6.29. The molecule has 0 aliphatic heterocycles. The highest BCUT2D eigenvalue weighted by atomic mass is 14.4. The molecule has 2 atom stereocenters. The van der Waals surface area contributed by atoms with E-state index in [9.17, 15) is 0 Å². The van der Waals surface area contributed by atoms with Gasteiger partial charge in [-0.2, -0.15) is 0 Å². The average Bonchev–Trinajstić information content (AvgIpc) is 3.84. The van der Waals surface area contributed by atoms with Crippen LogP contribution in [0.5, 0.6) is 0 Å². The third-order valence-electron chi connectivity index (χ3n) is 12.7. The third kappa shape index (κ3) is 3.21. The molecule has 0 N–H and O–H groups in total. The van der Waals surface area contributed by atoms with Crippen molar-refractivity contribution >= 4 is 43.5 Å². The summed E-state index contributed by atoms with van der Waals surface area (Å²) in [4.78, 5) is 0. The molecule has 8 aromatic carbocycles. The van der Waals surface area contributed by atoms with Crippen molar-refractivity contribution in [3.63, 3.8) is 0 Å². The van der Waals surface area contributed by atoms with Gasteiger partial charge in [0.1, 0.15) is 0 Å². The van der Waals surface area contributed by atoms with Gasteiger partial charge in [0.2, 0.25) is 0 Å². The van der Waals surface area contributed by atoms with E-state index in [1.54, 1.807) is 0 Å². The molecule has 238 valence electrons. The molecule has 0 spiro atoms. The van der Waals surface area contributed by atoms with Gasteiger partial charge in [0.15, 0.2) is 0 Å². The first-order chi connectivity index (χ1) is 25.8. The molecule has 0 nitrogen and oxygen atoms in total. The lowest BCUT2D eigenvalue weighted by atomic mass is 9.72. The van der Waals surface area contributed by atoms with E-state index in [0.717, 1.165) is 0 Å². The first kappa shape index (κ1) is 27.3. The number of benzene rings is 8. The molecule has 8 aromatic rings. The largest absolute Gasteiger partial charge is 0.0754 e. The second-order valence-electron chi connectivity index (χ2n) is 15.0. The van der Waals surface area contributed by atoms with Gasteiger partial charge in [0.05, 0.1) is 0 Å². The zero-order chi connectivity index (χ0) is 33.7. The summed E-state index contributed by atoms with van der Waals surface area (Å²) < 4.78 is 0. The van der Waals surface area contributed by atoms with Gasteiger partial charge in [-0.05, 0) is 121 Å². The summed E-state index contributed by atoms with van der Waals surface area (Å²) >= 11 is 0. The van der Waals surface area contributed by atoms with Crippen LogP contribution >= 0.6 is 0 Å². The molecule has 0 radical (unpaired) electrons. The Labute approximate surface area is 302 Å². The minimum atomic E-state index is 0.328. The van der Waals surface area contributed by atoms with Crippen molar-refractivity contribution in [1.82, 2.24) is 0 Å². The van der Waals surface area contributed by atoms with E-state index < -0.39 is 0 Å². The van der Waals surface area contributed by atoms with Gasteiger partial charge < -0.3 is 0 Å². The number of hydrogen-bond acceptors (Lipinski definition) is 0. The Balaban J connectivity index is 1.18. The number of allylic oxidation sites excluding steroid dienone is 8. The minimum Gasteiger partial charge on any atom is -0.0754 e. The van der Waals surface area contributed by atoms with Gasteiger partial charge in [0.25, 0.3) is 0 Å². The normalized spacial score (nSPS) is 17.9. The molecule has 0 fully saturated rings. The molecule has 0 heteroatoms. The summed E-state index contributed by atoms with van der Waals surface area (Å²) in [5.74, 6) is 0.692. The van der Waals surface area contributed by atoms with Crippen LogP contribution in [-0.4, -0.2) is 0 Å². The molecule has 0 amide bonds. The van der Waals surface area contributed by atoms with Crippen LogP contribution in [0.4, 0.5) is 0 Å². The van der Waals surface area contributed by atoms with Crippen molar-refractivity contribution in [3.8, 4) is 55.6 Å². The molecule has 13 rings (SSSR count). The van der Waals surface area contributed by atoms with Gasteiger partial charge in [-0.15, -0.1) is 0 Å². The molecular formula is C52H30. The molecule has 2 unspecified atom stereocenters. The second kappa shape index (κ2) is 9.63. The fourth-order valence-electron chi connectivity index (χ4n) is 10.8. The van der Waals surface area contributed by atoms with Gasteiger partial charge in [-0.25, -0.2) is 0 Å². The van der Waals surface area contributed by atoms with Crippen molar-refractivity contribution in [1.29, 1.82) is 0 Å². The fraction of sp³-hybridized carbons (Fsp3) is 0.0385. The van der Waals surface area contributed by atoms with E-state index in [2.05, 4.69) is 170 Å². The van der Waals surface area contributed by atoms with E-state index in [1.807, 2.05) is 0 Å². The summed E-state index contributed by atoms with van der Waals surface area (Å²) in [6, 6.07) is 52.7. The molecule has 0 bridgehead atoms. The molecule has 52 heavy (non-hydrogen) atoms. The van der Waals surface area contributed by atoms with E-state index in [0.29, 0.717) is 11.8 Å². The smallest absolute Gasteiger partial charge is 0.0205 e. The highest BCUT2D eigenvalue weighted by Crippen LogP contribution is 2.61. The van der Waals surface area contributed by atoms with Gasteiger partial charge in [0, 0.05) is 11.8 Å². The Morgan fingerprint density at radius 2 is 0.981 bits per heavy atom. The van der Waals surface area contributed by atoms with E-state index >= 15 is 0 Å². The Bertz CT molecular complexity index is 3090. The van der Waals surface area contributed by atoms with Crippen molar-refractivity contribution in [2.45, 2.75) is 5.92 Å². The molecule has 0 heterocycles. The summed E-state index contributed by atoms with van der Waals surface area (Å²) in [7, 11) is 0. The van der Waals surface area contributed by atoms with Crippen molar-refractivity contribution in [3.05, 3.63) is 192 Å². The summed E-state index contributed by atoms with van der Waals surface area (Å²) in [5.41, 5.74) is 21.9. The molecule has 5 aliphatic carbocycles. The lowest BCUT2D eigenvalue weighted by molar-refractivity contribution is 0.725. The number of hydrogen-bond donors (Lipinski definition) is 0. The highest BCUT2D eigenvalue weighted by Gasteiger charge is 2.41. The lowest BCUT2D eigenvalue weighted by Crippen LogP contribution is -2.15. The Morgan fingerprint density at radius 3 is 1.79 bits per heavy atom. The summed E-state index contributed by atoms with van der Waals surface area (Å²) in [5, 5.41) is 7.99. The van der Waals surface area contributed by atoms with Crippen LogP contribution in [0.15, 0.2) is 175 Å². The van der Waals surface area contributed by atoms with Crippen LogP contribution in [-0.2, 0) is 0 Å². The van der Waals surface area contributed by atoms with Crippen molar-refractivity contribution < 1.29 is 0 Å². The maximum Gasteiger partial charge on any atom is 0.0205 e. The number of rotatable bonds is 2. The van der Waals surface area contributed by atoms with Crippen molar-refractivity contribution in [2.75, 3.05) is 0 Å². The zero-order valence-electron chi connectivity index (χ0n) is 28.3. The standard InChI is InChI=1S/C52H30/c1-3-15-32-30(13-1)34-19-9-21-36-42(27-25-40(32)47(34)36)49-38-17-5-6-18-39(38)50(52-45-24-8-12-29-11-7-23-44(46(29)45)51(49)52)43-28-26-41-33-16-4-2-14-31(33)35-20-10-22-37(43)48(35)41/h1-28,40,47H. The maximum absolute atomic E-state index is 2.50. The first-order valence-corrected chi connectivity index (χ1v) is 18.5. The molecule has 0 saturated carbocycles. The second-order valence-corrected chi connectivity index (χ2v) is 15.0. The predicted octanol–water partition coefficient (Wildman–Crippen LogP) is 13.8. The lowest BCUT2D eigenvalue weighted by Gasteiger charge is -2.31. The van der Waals surface area contributed by atoms with E-state index in [-0.39, 0.29) is 0 Å². The minimum absolute atomic E-state index is 0.328. The van der Waals surface area contributed by atoms with Crippen LogP contribution in [0.3, 0.4) is 0 Å². The van der Waals surface area contributed by atoms with Crippen LogP contribution in [0, 0.1) is 5.92 Å². The van der Waals surface area contributed by atoms with Crippen LogP contribution in [0.25, 0.3) is 99.1 Å². The van der Waals surface area contributed by atoms with E-state index in [4.69, 9.17) is 0 Å². The van der Waals surface area contributed by atoms with Crippen LogP contribution in [0.2, 0.25) is 0 Å². The van der Waals surface area contributed by atoms with Crippen molar-refractivity contribution in [2.24, 2.45) is 5.92 Å². The zero-order valence-corrected chi connectivity index (χ0v) is 28.3. The monoisotopic (exact) mass is 654 g/mol. The maximum atomic E-state index is 2.50. The average molecular weight is 655 g/mol. The van der Waals surface area contributed by atoms with Crippen LogP contribution in [0.1, 0.15) is 22.6 Å². The third-order valence-corrected chi connectivity index (χ3v) is 12.7. The Hall–Kier alpha value is -6.50. The molecule has 0 saturated heterocycles. The summed E-state index contributed by atoms with van der Waals surface area (Å²) in [6.45, 7) is 0. The Morgan fingerprint density at radius 1 is 0.385 bits per heavy atom. The first-order valence-electron chi connectivity index (χ1n) is 18.5. The van der Waals surface area contributed by atoms with Gasteiger partial charge >= 0.3 is 0 Å². The van der Waals surface area contributed by atoms with Crippen LogP contribution < -0.4 is 0 Å². The predicted molar refractivity (Wildman–Crippen MR) is 219 cm³/mol. The quantitative estimate of drug-likeness (QED) is 0.174. The van der Waals surface area contributed by atoms with Gasteiger partial charge in [-0.3, -0.25) is 0 Å². The number of fused-ring (bicyclic) bond motifs is 10. The van der Waals surface area contributed by atoms with E-state index in [1.165, 1.54) is 121 Å². The fourth-order valence-corrected chi connectivity index (χ4v) is 10.8. The molecular weight excluding hydrogens is 625 g/mol. The SMILES string of the molecule is C1=CC2=C(c3c4c(c(-c5ccc6c7c(cccc57)-c5ccccc5-6)c5ccccc35)-c3cccc5cccc-4c35)C=CC3c4ccccc4C(=C1)C23. The Kier molecular flexibility index (Phi) is 5.05. The van der Waals surface area contributed by atoms with Gasteiger partial charge in [-0.1, -0.05) is 170 Å². The molecule has 0 aromatic heterocycles. The molecule has 5 aliphatic rings.